The van der Waals surface area contributed by atoms with E-state index in [-0.39, 0.29) is 24.1 Å². The summed E-state index contributed by atoms with van der Waals surface area (Å²) >= 11 is 0. The van der Waals surface area contributed by atoms with E-state index in [4.69, 9.17) is 0 Å². The summed E-state index contributed by atoms with van der Waals surface area (Å²) in [5.41, 5.74) is 1.08. The van der Waals surface area contributed by atoms with Crippen LogP contribution in [0.15, 0.2) is 12.4 Å². The topological polar surface area (TPSA) is 73.6 Å². The van der Waals surface area contributed by atoms with Crippen LogP contribution in [0.25, 0.3) is 0 Å². The zero-order valence-corrected chi connectivity index (χ0v) is 15.3. The highest BCUT2D eigenvalue weighted by atomic mass is 16.3. The third-order valence-electron chi connectivity index (χ3n) is 4.90. The van der Waals surface area contributed by atoms with Gasteiger partial charge in [-0.3, -0.25) is 4.68 Å². The molecule has 7 nitrogen and oxygen atoms in total. The molecule has 24 heavy (non-hydrogen) atoms. The van der Waals surface area contributed by atoms with Gasteiger partial charge in [0.1, 0.15) is 0 Å². The third-order valence-corrected chi connectivity index (χ3v) is 4.90. The van der Waals surface area contributed by atoms with Gasteiger partial charge >= 0.3 is 6.03 Å². The normalized spacial score (nSPS) is 22.4. The number of amides is 2. The van der Waals surface area contributed by atoms with Crippen molar-refractivity contribution < 1.29 is 9.90 Å². The molecule has 7 heteroatoms. The summed E-state index contributed by atoms with van der Waals surface area (Å²) < 4.78 is 1.77. The van der Waals surface area contributed by atoms with Crippen molar-refractivity contribution >= 4 is 6.03 Å². The highest BCUT2D eigenvalue weighted by Crippen LogP contribution is 2.25. The van der Waals surface area contributed by atoms with E-state index in [1.165, 1.54) is 0 Å². The predicted molar refractivity (Wildman–Crippen MR) is 93.6 cm³/mol. The lowest BCUT2D eigenvalue weighted by molar-refractivity contribution is 0.0564. The Morgan fingerprint density at radius 2 is 2.12 bits per heavy atom. The van der Waals surface area contributed by atoms with Crippen LogP contribution in [0.5, 0.6) is 0 Å². The smallest absolute Gasteiger partial charge is 0.317 e. The van der Waals surface area contributed by atoms with Crippen LogP contribution in [-0.4, -0.2) is 71.1 Å². The van der Waals surface area contributed by atoms with Crippen molar-refractivity contribution in [2.24, 2.45) is 13.0 Å². The summed E-state index contributed by atoms with van der Waals surface area (Å²) in [6.07, 6.45) is 7.60. The zero-order chi connectivity index (χ0) is 17.7. The Morgan fingerprint density at radius 1 is 1.42 bits per heavy atom. The molecule has 1 saturated carbocycles. The molecule has 3 unspecified atom stereocenters. The molecule has 0 radical (unpaired) electrons. The van der Waals surface area contributed by atoms with E-state index in [0.717, 1.165) is 31.2 Å². The van der Waals surface area contributed by atoms with Gasteiger partial charge in [0.05, 0.1) is 18.3 Å². The van der Waals surface area contributed by atoms with Gasteiger partial charge in [-0.1, -0.05) is 12.8 Å². The van der Waals surface area contributed by atoms with Gasteiger partial charge in [0, 0.05) is 44.9 Å². The van der Waals surface area contributed by atoms with E-state index < -0.39 is 0 Å². The van der Waals surface area contributed by atoms with E-state index in [1.54, 1.807) is 16.6 Å². The van der Waals surface area contributed by atoms with Crippen molar-refractivity contribution in [1.82, 2.24) is 24.9 Å². The van der Waals surface area contributed by atoms with Gasteiger partial charge in [-0.25, -0.2) is 4.79 Å². The fourth-order valence-corrected chi connectivity index (χ4v) is 3.37. The van der Waals surface area contributed by atoms with Gasteiger partial charge in [0.2, 0.25) is 0 Å². The van der Waals surface area contributed by atoms with Crippen LogP contribution in [0.1, 0.15) is 37.3 Å². The molecule has 1 heterocycles. The molecule has 0 bridgehead atoms. The van der Waals surface area contributed by atoms with Crippen LogP contribution in [0.3, 0.4) is 0 Å². The molecule has 2 N–H and O–H groups in total. The summed E-state index contributed by atoms with van der Waals surface area (Å²) in [4.78, 5) is 16.1. The first kappa shape index (κ1) is 18.7. The molecule has 0 aliphatic heterocycles. The Hall–Kier alpha value is -1.60. The Labute approximate surface area is 144 Å². The van der Waals surface area contributed by atoms with E-state index in [9.17, 15) is 9.90 Å². The van der Waals surface area contributed by atoms with Crippen LogP contribution < -0.4 is 5.32 Å². The van der Waals surface area contributed by atoms with Crippen LogP contribution in [-0.2, 0) is 7.05 Å². The van der Waals surface area contributed by atoms with Gasteiger partial charge in [0.25, 0.3) is 0 Å². The van der Waals surface area contributed by atoms with Crippen molar-refractivity contribution in [1.29, 1.82) is 0 Å². The second kappa shape index (κ2) is 8.48. The summed E-state index contributed by atoms with van der Waals surface area (Å²) in [6, 6.07) is -0.0140. The number of carbonyl (C=O) groups is 1. The van der Waals surface area contributed by atoms with Crippen molar-refractivity contribution in [2.45, 2.75) is 37.8 Å². The van der Waals surface area contributed by atoms with Gasteiger partial charge in [-0.2, -0.15) is 5.10 Å². The molecule has 1 fully saturated rings. The lowest BCUT2D eigenvalue weighted by Gasteiger charge is -2.31. The Morgan fingerprint density at radius 3 is 2.71 bits per heavy atom. The van der Waals surface area contributed by atoms with Crippen LogP contribution in [0.4, 0.5) is 4.79 Å². The Bertz CT molecular complexity index is 531. The summed E-state index contributed by atoms with van der Waals surface area (Å²) in [7, 11) is 7.67. The highest BCUT2D eigenvalue weighted by Gasteiger charge is 2.26. The second-order valence-corrected chi connectivity index (χ2v) is 7.11. The second-order valence-electron chi connectivity index (χ2n) is 7.11. The molecule has 1 aromatic rings. The number of nitrogens with one attached hydrogen (secondary N) is 1. The maximum Gasteiger partial charge on any atom is 0.317 e. The molecule has 1 aromatic heterocycles. The van der Waals surface area contributed by atoms with Gasteiger partial charge in [-0.15, -0.1) is 0 Å². The fraction of sp³-hybridized carbons (Fsp3) is 0.765. The maximum absolute atomic E-state index is 12.4. The van der Waals surface area contributed by atoms with Crippen molar-refractivity contribution in [3.8, 4) is 0 Å². The average molecular weight is 337 g/mol. The Kier molecular flexibility index (Phi) is 6.62. The van der Waals surface area contributed by atoms with Crippen molar-refractivity contribution in [3.63, 3.8) is 0 Å². The molecule has 2 rings (SSSR count). The van der Waals surface area contributed by atoms with E-state index in [2.05, 4.69) is 15.3 Å². The monoisotopic (exact) mass is 337 g/mol. The highest BCUT2D eigenvalue weighted by molar-refractivity contribution is 5.73. The van der Waals surface area contributed by atoms with Gasteiger partial charge < -0.3 is 20.2 Å². The SMILES string of the molecule is CN(CC1CCCCC1O)C(=O)NCC(c1cnn(C)c1)N(C)C. The molecule has 1 aliphatic rings. The van der Waals surface area contributed by atoms with E-state index in [0.29, 0.717) is 13.1 Å². The third kappa shape index (κ3) is 4.95. The average Bonchev–Trinajstić information content (AvgIpc) is 2.95. The quantitative estimate of drug-likeness (QED) is 0.818. The van der Waals surface area contributed by atoms with Gasteiger partial charge in [0.15, 0.2) is 0 Å². The number of hydrogen-bond donors (Lipinski definition) is 2. The molecular formula is C17H31N5O2. The molecule has 0 aromatic carbocycles. The Balaban J connectivity index is 1.85. The summed E-state index contributed by atoms with van der Waals surface area (Å²) in [5, 5.41) is 17.3. The number of likely N-dealkylation sites (N-methyl/N-ethyl adjacent to an activating group) is 1. The maximum atomic E-state index is 12.4. The lowest BCUT2D eigenvalue weighted by atomic mass is 9.86. The number of aliphatic hydroxyl groups excluding tert-OH is 1. The van der Waals surface area contributed by atoms with Crippen molar-refractivity contribution in [3.05, 3.63) is 18.0 Å². The summed E-state index contributed by atoms with van der Waals surface area (Å²) in [6.45, 7) is 1.13. The van der Waals surface area contributed by atoms with Crippen LogP contribution >= 0.6 is 0 Å². The number of aliphatic hydroxyl groups is 1. The number of urea groups is 1. The van der Waals surface area contributed by atoms with Crippen LogP contribution in [0.2, 0.25) is 0 Å². The number of hydrogen-bond acceptors (Lipinski definition) is 4. The number of aromatic nitrogens is 2. The van der Waals surface area contributed by atoms with E-state index >= 15 is 0 Å². The van der Waals surface area contributed by atoms with E-state index in [1.807, 2.05) is 33.5 Å². The minimum Gasteiger partial charge on any atom is -0.393 e. The molecule has 136 valence electrons. The van der Waals surface area contributed by atoms with Crippen LogP contribution in [0, 0.1) is 5.92 Å². The molecule has 3 atom stereocenters. The summed E-state index contributed by atoms with van der Waals surface area (Å²) in [5.74, 6) is 0.192. The molecule has 0 spiro atoms. The minimum absolute atomic E-state index is 0.0799. The fourth-order valence-electron chi connectivity index (χ4n) is 3.37. The molecule has 0 saturated heterocycles. The molecule has 2 amide bonds. The lowest BCUT2D eigenvalue weighted by Crippen LogP contribution is -2.45. The predicted octanol–water partition coefficient (Wildman–Crippen LogP) is 1.22. The minimum atomic E-state index is -0.279. The number of nitrogens with zero attached hydrogens (tertiary/aromatic N) is 4. The first-order valence-corrected chi connectivity index (χ1v) is 8.70. The molecular weight excluding hydrogens is 306 g/mol. The first-order chi connectivity index (χ1) is 11.4. The van der Waals surface area contributed by atoms with Gasteiger partial charge in [-0.05, 0) is 26.9 Å². The largest absolute Gasteiger partial charge is 0.393 e. The van der Waals surface area contributed by atoms with Crippen molar-refractivity contribution in [2.75, 3.05) is 34.2 Å². The molecule has 1 aliphatic carbocycles. The first-order valence-electron chi connectivity index (χ1n) is 8.70. The number of rotatable bonds is 6. The standard InChI is InChI=1S/C17H31N5O2/c1-20(2)15(14-9-19-22(4)12-14)10-18-17(24)21(3)11-13-7-5-6-8-16(13)23/h9,12-13,15-16,23H,5-8,10-11H2,1-4H3,(H,18,24). The number of aryl methyl sites for hydroxylation is 1. The zero-order valence-electron chi connectivity index (χ0n) is 15.3. The number of carbonyl (C=O) groups excluding carboxylic acids is 1.